The monoisotopic (exact) mass is 407 g/mol. The molecule has 1 aromatic heterocycles. The maximum atomic E-state index is 11.8. The fourth-order valence-corrected chi connectivity index (χ4v) is 4.59. The average molecular weight is 408 g/mol. The highest BCUT2D eigenvalue weighted by atomic mass is 32.1. The topological polar surface area (TPSA) is 38.3 Å². The molecule has 0 amide bonds. The molecule has 0 spiro atoms. The summed E-state index contributed by atoms with van der Waals surface area (Å²) >= 11 is 1.47. The molecule has 4 heteroatoms. The van der Waals surface area contributed by atoms with E-state index in [0.29, 0.717) is 11.5 Å². The van der Waals surface area contributed by atoms with Crippen molar-refractivity contribution in [1.82, 2.24) is 0 Å². The lowest BCUT2D eigenvalue weighted by Gasteiger charge is -2.18. The Morgan fingerprint density at radius 1 is 1.11 bits per heavy atom. The van der Waals surface area contributed by atoms with Gasteiger partial charge in [0, 0.05) is 17.6 Å². The summed E-state index contributed by atoms with van der Waals surface area (Å²) in [6.45, 7) is 5.57. The molecule has 0 aromatic carbocycles. The first-order chi connectivity index (χ1) is 13.7. The molecule has 160 valence electrons. The molecule has 28 heavy (non-hydrogen) atoms. The number of carbonyl (C=O) groups excluding carboxylic acids is 1. The van der Waals surface area contributed by atoms with Gasteiger partial charge < -0.3 is 10.1 Å². The highest BCUT2D eigenvalue weighted by Gasteiger charge is 2.20. The van der Waals surface area contributed by atoms with Crippen LogP contribution in [0.5, 0.6) is 0 Å². The van der Waals surface area contributed by atoms with Crippen LogP contribution in [0.1, 0.15) is 107 Å². The van der Waals surface area contributed by atoms with E-state index in [9.17, 15) is 4.79 Å². The van der Waals surface area contributed by atoms with Gasteiger partial charge in [-0.3, -0.25) is 0 Å². The molecule has 1 atom stereocenters. The van der Waals surface area contributed by atoms with Crippen LogP contribution in [0.15, 0.2) is 11.4 Å². The van der Waals surface area contributed by atoms with E-state index in [1.807, 2.05) is 18.4 Å². The van der Waals surface area contributed by atoms with Crippen LogP contribution in [0.25, 0.3) is 0 Å². The predicted molar refractivity (Wildman–Crippen MR) is 121 cm³/mol. The first kappa shape index (κ1) is 23.3. The molecule has 0 saturated heterocycles. The van der Waals surface area contributed by atoms with Gasteiger partial charge in [-0.15, -0.1) is 11.3 Å². The fourth-order valence-electron chi connectivity index (χ4n) is 3.83. The van der Waals surface area contributed by atoms with Gasteiger partial charge in [0.15, 0.2) is 0 Å². The van der Waals surface area contributed by atoms with Gasteiger partial charge in [0.05, 0.1) is 6.61 Å². The molecular formula is C24H41NO2S. The third kappa shape index (κ3) is 9.95. The minimum Gasteiger partial charge on any atom is -0.462 e. The second-order valence-corrected chi connectivity index (χ2v) is 9.36. The van der Waals surface area contributed by atoms with Gasteiger partial charge in [-0.05, 0) is 37.7 Å². The molecule has 1 aliphatic carbocycles. The smallest absolute Gasteiger partial charge is 0.348 e. The highest BCUT2D eigenvalue weighted by Crippen LogP contribution is 2.34. The van der Waals surface area contributed by atoms with Crippen LogP contribution in [0.4, 0.5) is 5.69 Å². The van der Waals surface area contributed by atoms with Crippen molar-refractivity contribution in [3.8, 4) is 0 Å². The lowest BCUT2D eigenvalue weighted by atomic mass is 9.94. The number of ether oxygens (including phenoxy) is 1. The summed E-state index contributed by atoms with van der Waals surface area (Å²) in [5.74, 6) is 1.62. The zero-order valence-corrected chi connectivity index (χ0v) is 19.0. The van der Waals surface area contributed by atoms with Crippen molar-refractivity contribution in [2.75, 3.05) is 18.5 Å². The summed E-state index contributed by atoms with van der Waals surface area (Å²) in [5.41, 5.74) is 1.07. The molecule has 1 fully saturated rings. The Kier molecular flexibility index (Phi) is 11.7. The van der Waals surface area contributed by atoms with Crippen LogP contribution < -0.4 is 5.32 Å². The standard InChI is InChI=1S/C24H41NO2S/c1-3-5-6-9-13-21(14-11-8-7-10-12-20-15-16-20)18-25-22-17-23(28-19-22)24(26)27-4-2/h17,19-21,25H,3-16,18H2,1-2H3. The number of hydrogen-bond acceptors (Lipinski definition) is 4. The Morgan fingerprint density at radius 2 is 1.82 bits per heavy atom. The van der Waals surface area contributed by atoms with Crippen LogP contribution in [0.2, 0.25) is 0 Å². The van der Waals surface area contributed by atoms with Crippen molar-refractivity contribution >= 4 is 23.0 Å². The molecule has 3 nitrogen and oxygen atoms in total. The summed E-state index contributed by atoms with van der Waals surface area (Å²) in [7, 11) is 0. The molecule has 1 saturated carbocycles. The Labute approximate surface area is 176 Å². The first-order valence-electron chi connectivity index (χ1n) is 11.7. The van der Waals surface area contributed by atoms with Gasteiger partial charge >= 0.3 is 5.97 Å². The second kappa shape index (κ2) is 14.0. The number of esters is 1. The van der Waals surface area contributed by atoms with Crippen molar-refractivity contribution < 1.29 is 9.53 Å². The summed E-state index contributed by atoms with van der Waals surface area (Å²) in [6.07, 6.45) is 18.1. The van der Waals surface area contributed by atoms with Gasteiger partial charge in [0.25, 0.3) is 0 Å². The van der Waals surface area contributed by atoms with E-state index in [-0.39, 0.29) is 5.97 Å². The molecule has 0 aliphatic heterocycles. The van der Waals surface area contributed by atoms with E-state index in [0.717, 1.165) is 24.1 Å². The first-order valence-corrected chi connectivity index (χ1v) is 12.6. The summed E-state index contributed by atoms with van der Waals surface area (Å²) in [5, 5.41) is 5.62. The number of rotatable bonds is 17. The van der Waals surface area contributed by atoms with Crippen molar-refractivity contribution in [3.63, 3.8) is 0 Å². The number of thiophene rings is 1. The molecule has 1 heterocycles. The van der Waals surface area contributed by atoms with E-state index in [2.05, 4.69) is 12.2 Å². The van der Waals surface area contributed by atoms with E-state index in [1.54, 1.807) is 0 Å². The van der Waals surface area contributed by atoms with Gasteiger partial charge in [-0.2, -0.15) is 0 Å². The van der Waals surface area contributed by atoms with Crippen molar-refractivity contribution in [3.05, 3.63) is 16.3 Å². The number of unbranched alkanes of at least 4 members (excludes halogenated alkanes) is 6. The molecule has 1 N–H and O–H groups in total. The largest absolute Gasteiger partial charge is 0.462 e. The third-order valence-electron chi connectivity index (χ3n) is 5.81. The van der Waals surface area contributed by atoms with Crippen LogP contribution in [0.3, 0.4) is 0 Å². The average Bonchev–Trinajstić information content (AvgIpc) is 3.40. The molecule has 1 unspecified atom stereocenters. The van der Waals surface area contributed by atoms with Crippen LogP contribution in [-0.4, -0.2) is 19.1 Å². The van der Waals surface area contributed by atoms with Crippen molar-refractivity contribution in [1.29, 1.82) is 0 Å². The normalized spacial score (nSPS) is 14.8. The van der Waals surface area contributed by atoms with Crippen LogP contribution >= 0.6 is 11.3 Å². The fraction of sp³-hybridized carbons (Fsp3) is 0.792. The highest BCUT2D eigenvalue weighted by molar-refractivity contribution is 7.12. The Balaban J connectivity index is 1.68. The molecule has 0 bridgehead atoms. The maximum absolute atomic E-state index is 11.8. The van der Waals surface area contributed by atoms with Gasteiger partial charge in [-0.25, -0.2) is 4.79 Å². The Hall–Kier alpha value is -1.03. The number of anilines is 1. The SMILES string of the molecule is CCCCCCC(CCCCCCC1CC1)CNc1csc(C(=O)OCC)c1. The quantitative estimate of drug-likeness (QED) is 0.213. The summed E-state index contributed by atoms with van der Waals surface area (Å²) < 4.78 is 5.09. The van der Waals surface area contributed by atoms with Gasteiger partial charge in [0.1, 0.15) is 4.88 Å². The van der Waals surface area contributed by atoms with Crippen molar-refractivity contribution in [2.24, 2.45) is 11.8 Å². The zero-order valence-electron chi connectivity index (χ0n) is 18.1. The van der Waals surface area contributed by atoms with Crippen LogP contribution in [0, 0.1) is 11.8 Å². The van der Waals surface area contributed by atoms with Gasteiger partial charge in [0.2, 0.25) is 0 Å². The molecule has 0 radical (unpaired) electrons. The van der Waals surface area contributed by atoms with E-state index in [1.165, 1.54) is 94.8 Å². The summed E-state index contributed by atoms with van der Waals surface area (Å²) in [6, 6.07) is 1.94. The molecule has 1 aromatic rings. The Bertz CT molecular complexity index is 538. The minimum atomic E-state index is -0.206. The van der Waals surface area contributed by atoms with E-state index < -0.39 is 0 Å². The predicted octanol–water partition coefficient (Wildman–Crippen LogP) is 7.67. The molecular weight excluding hydrogens is 366 g/mol. The van der Waals surface area contributed by atoms with Gasteiger partial charge in [-0.1, -0.05) is 77.6 Å². The number of carbonyl (C=O) groups is 1. The zero-order chi connectivity index (χ0) is 20.0. The number of hydrogen-bond donors (Lipinski definition) is 1. The van der Waals surface area contributed by atoms with Crippen molar-refractivity contribution in [2.45, 2.75) is 97.3 Å². The Morgan fingerprint density at radius 3 is 2.50 bits per heavy atom. The number of nitrogens with one attached hydrogen (secondary N) is 1. The molecule has 2 rings (SSSR count). The third-order valence-corrected chi connectivity index (χ3v) is 6.72. The minimum absolute atomic E-state index is 0.206. The second-order valence-electron chi connectivity index (χ2n) is 8.45. The lowest BCUT2D eigenvalue weighted by Crippen LogP contribution is -2.14. The van der Waals surface area contributed by atoms with E-state index >= 15 is 0 Å². The maximum Gasteiger partial charge on any atom is 0.348 e. The molecule has 1 aliphatic rings. The summed E-state index contributed by atoms with van der Waals surface area (Å²) in [4.78, 5) is 12.5. The lowest BCUT2D eigenvalue weighted by molar-refractivity contribution is 0.0532. The van der Waals surface area contributed by atoms with Crippen LogP contribution in [-0.2, 0) is 4.74 Å². The van der Waals surface area contributed by atoms with E-state index in [4.69, 9.17) is 4.74 Å².